The quantitative estimate of drug-likeness (QED) is 0.730. The molecule has 0 spiro atoms. The molecule has 7 nitrogen and oxygen atoms in total. The predicted octanol–water partition coefficient (Wildman–Crippen LogP) is 3.55. The minimum Gasteiger partial charge on any atom is -0.479 e. The number of hydrogen-bond acceptors (Lipinski definition) is 4. The van der Waals surface area contributed by atoms with E-state index in [-0.39, 0.29) is 17.9 Å². The summed E-state index contributed by atoms with van der Waals surface area (Å²) in [6.07, 6.45) is -2.71. The summed E-state index contributed by atoms with van der Waals surface area (Å²) in [7, 11) is -2.37. The van der Waals surface area contributed by atoms with Gasteiger partial charge in [-0.05, 0) is 30.0 Å². The molecule has 144 valence electrons. The van der Waals surface area contributed by atoms with Gasteiger partial charge in [-0.2, -0.15) is 0 Å². The van der Waals surface area contributed by atoms with Gasteiger partial charge in [-0.3, -0.25) is 4.79 Å². The molecule has 8 heteroatoms. The van der Waals surface area contributed by atoms with Gasteiger partial charge in [0, 0.05) is 6.42 Å². The largest absolute Gasteiger partial charge is 0.479 e. The first kappa shape index (κ1) is 21.6. The number of likely N-dealkylation sites (tertiary alicyclic amines) is 1. The fourth-order valence-electron chi connectivity index (χ4n) is 3.03. The second-order valence-electron chi connectivity index (χ2n) is 9.60. The van der Waals surface area contributed by atoms with Crippen LogP contribution >= 0.6 is 0 Å². The second kappa shape index (κ2) is 6.39. The Bertz CT molecular complexity index is 575. The Labute approximate surface area is 150 Å². The van der Waals surface area contributed by atoms with Gasteiger partial charge in [0.2, 0.25) is 0 Å². The van der Waals surface area contributed by atoms with Gasteiger partial charge in [-0.1, -0.05) is 41.5 Å². The van der Waals surface area contributed by atoms with Gasteiger partial charge in [0.25, 0.3) is 5.91 Å². The Kier molecular flexibility index (Phi) is 5.53. The lowest BCUT2D eigenvalue weighted by atomic mass is 9.78. The Morgan fingerprint density at radius 1 is 1.20 bits per heavy atom. The van der Waals surface area contributed by atoms with E-state index >= 15 is 0 Å². The number of carbonyl (C=O) groups excluding carboxylic acids is 1. The number of carboxylic acid groups (broad SMARTS) is 2. The third kappa shape index (κ3) is 4.23. The molecule has 25 heavy (non-hydrogen) atoms. The molecule has 1 saturated heterocycles. The molecular formula is C17H31NO6Si. The van der Waals surface area contributed by atoms with E-state index in [1.807, 2.05) is 54.6 Å². The van der Waals surface area contributed by atoms with E-state index in [1.54, 1.807) is 0 Å². The van der Waals surface area contributed by atoms with Gasteiger partial charge < -0.3 is 14.6 Å². The zero-order valence-electron chi connectivity index (χ0n) is 16.5. The van der Waals surface area contributed by atoms with Crippen LogP contribution in [0.3, 0.4) is 0 Å². The van der Waals surface area contributed by atoms with E-state index in [0.717, 1.165) is 0 Å². The fourth-order valence-corrected chi connectivity index (χ4v) is 4.28. The van der Waals surface area contributed by atoms with Crippen molar-refractivity contribution in [2.24, 2.45) is 5.41 Å². The standard InChI is InChI=1S/C17H31NO6Si/c1-15(2,3)10-17(13(20)21)9-11(12(19)18(17)14(22)23)24-25(7,8)16(4,5)6/h11H,9-10H2,1-8H3,(H,20,21)(H,22,23)/t11-,17-/m1/s1. The van der Waals surface area contributed by atoms with Crippen molar-refractivity contribution < 1.29 is 29.0 Å². The molecule has 0 unspecified atom stereocenters. The summed E-state index contributed by atoms with van der Waals surface area (Å²) in [6.45, 7) is 15.4. The molecule has 1 aliphatic rings. The summed E-state index contributed by atoms with van der Waals surface area (Å²) >= 11 is 0. The lowest BCUT2D eigenvalue weighted by Gasteiger charge is -2.38. The summed E-state index contributed by atoms with van der Waals surface area (Å²) in [4.78, 5) is 37.0. The van der Waals surface area contributed by atoms with Crippen LogP contribution in [0.2, 0.25) is 18.1 Å². The zero-order valence-corrected chi connectivity index (χ0v) is 17.5. The molecule has 0 aliphatic carbocycles. The van der Waals surface area contributed by atoms with Crippen molar-refractivity contribution in [1.29, 1.82) is 0 Å². The van der Waals surface area contributed by atoms with Gasteiger partial charge in [0.15, 0.2) is 13.9 Å². The van der Waals surface area contributed by atoms with E-state index in [4.69, 9.17) is 4.43 Å². The topological polar surface area (TPSA) is 104 Å². The van der Waals surface area contributed by atoms with Crippen LogP contribution in [0.5, 0.6) is 0 Å². The van der Waals surface area contributed by atoms with Gasteiger partial charge >= 0.3 is 12.1 Å². The Hall–Kier alpha value is -1.41. The normalized spacial score (nSPS) is 25.4. The number of imide groups is 1. The van der Waals surface area contributed by atoms with Crippen LogP contribution in [0.15, 0.2) is 0 Å². The van der Waals surface area contributed by atoms with Crippen LogP contribution in [0.1, 0.15) is 54.4 Å². The molecule has 0 aromatic heterocycles. The lowest BCUT2D eigenvalue weighted by molar-refractivity contribution is -0.154. The molecular weight excluding hydrogens is 342 g/mol. The van der Waals surface area contributed by atoms with Crippen molar-refractivity contribution in [3.8, 4) is 0 Å². The van der Waals surface area contributed by atoms with Crippen molar-refractivity contribution in [2.45, 2.75) is 84.2 Å². The smallest absolute Gasteiger partial charge is 0.415 e. The predicted molar refractivity (Wildman–Crippen MR) is 96.0 cm³/mol. The highest BCUT2D eigenvalue weighted by Crippen LogP contribution is 2.44. The molecule has 1 fully saturated rings. The Balaban J connectivity index is 3.35. The highest BCUT2D eigenvalue weighted by molar-refractivity contribution is 6.74. The first-order valence-electron chi connectivity index (χ1n) is 8.43. The molecule has 2 atom stereocenters. The molecule has 0 bridgehead atoms. The minimum atomic E-state index is -2.37. The molecule has 2 N–H and O–H groups in total. The maximum absolute atomic E-state index is 12.7. The molecule has 0 aromatic carbocycles. The van der Waals surface area contributed by atoms with Crippen LogP contribution in [0.25, 0.3) is 0 Å². The average Bonchev–Trinajstić information content (AvgIpc) is 2.58. The van der Waals surface area contributed by atoms with E-state index < -0.39 is 43.3 Å². The molecule has 1 rings (SSSR count). The summed E-state index contributed by atoms with van der Waals surface area (Å²) in [6, 6.07) is 0. The maximum Gasteiger partial charge on any atom is 0.415 e. The summed E-state index contributed by atoms with van der Waals surface area (Å²) < 4.78 is 6.10. The summed E-state index contributed by atoms with van der Waals surface area (Å²) in [5.74, 6) is -2.08. The highest BCUT2D eigenvalue weighted by atomic mass is 28.4. The van der Waals surface area contributed by atoms with Crippen molar-refractivity contribution in [2.75, 3.05) is 0 Å². The molecule has 0 aromatic rings. The van der Waals surface area contributed by atoms with E-state index in [0.29, 0.717) is 4.90 Å². The van der Waals surface area contributed by atoms with Crippen LogP contribution < -0.4 is 0 Å². The number of aliphatic carboxylic acids is 1. The zero-order chi connectivity index (χ0) is 20.0. The molecule has 0 saturated carbocycles. The number of carbonyl (C=O) groups is 3. The molecule has 0 radical (unpaired) electrons. The van der Waals surface area contributed by atoms with Crippen molar-refractivity contribution in [3.63, 3.8) is 0 Å². The first-order chi connectivity index (χ1) is 10.9. The fraction of sp³-hybridized carbons (Fsp3) is 0.824. The van der Waals surface area contributed by atoms with Gasteiger partial charge in [0.1, 0.15) is 6.10 Å². The number of nitrogens with zero attached hydrogens (tertiary/aromatic N) is 1. The number of rotatable bonds is 4. The van der Waals surface area contributed by atoms with Crippen molar-refractivity contribution in [3.05, 3.63) is 0 Å². The van der Waals surface area contributed by atoms with Crippen molar-refractivity contribution in [1.82, 2.24) is 4.90 Å². The highest BCUT2D eigenvalue weighted by Gasteiger charge is 2.61. The van der Waals surface area contributed by atoms with Crippen molar-refractivity contribution >= 4 is 26.3 Å². The minimum absolute atomic E-state index is 0.0325. The number of amides is 2. The van der Waals surface area contributed by atoms with Gasteiger partial charge in [-0.25, -0.2) is 14.5 Å². The first-order valence-corrected chi connectivity index (χ1v) is 11.3. The lowest BCUT2D eigenvalue weighted by Crippen LogP contribution is -2.55. The van der Waals surface area contributed by atoms with Crippen LogP contribution in [0.4, 0.5) is 4.79 Å². The second-order valence-corrected chi connectivity index (χ2v) is 14.4. The number of hydrogen-bond donors (Lipinski definition) is 2. The Morgan fingerprint density at radius 2 is 1.68 bits per heavy atom. The van der Waals surface area contributed by atoms with Gasteiger partial charge in [0.05, 0.1) is 0 Å². The van der Waals surface area contributed by atoms with Gasteiger partial charge in [-0.15, -0.1) is 0 Å². The van der Waals surface area contributed by atoms with Crippen LogP contribution in [0, 0.1) is 5.41 Å². The molecule has 1 aliphatic heterocycles. The molecule has 1 heterocycles. The SMILES string of the molecule is CC(C)(C)C[C@@]1(C(=O)O)C[C@@H](O[Si](C)(C)C(C)(C)C)C(=O)N1C(=O)O. The number of carboxylic acids is 1. The average molecular weight is 374 g/mol. The summed E-state index contributed by atoms with van der Waals surface area (Å²) in [5.41, 5.74) is -2.27. The van der Waals surface area contributed by atoms with Crippen LogP contribution in [-0.2, 0) is 14.0 Å². The monoisotopic (exact) mass is 373 g/mol. The van der Waals surface area contributed by atoms with E-state index in [9.17, 15) is 24.6 Å². The van der Waals surface area contributed by atoms with Crippen LogP contribution in [-0.4, -0.2) is 53.0 Å². The third-order valence-electron chi connectivity index (χ3n) is 5.10. The Morgan fingerprint density at radius 3 is 2.00 bits per heavy atom. The van der Waals surface area contributed by atoms with E-state index in [1.165, 1.54) is 0 Å². The maximum atomic E-state index is 12.7. The summed E-state index contributed by atoms with van der Waals surface area (Å²) in [5, 5.41) is 19.2. The molecule has 2 amide bonds. The van der Waals surface area contributed by atoms with E-state index in [2.05, 4.69) is 0 Å². The third-order valence-corrected chi connectivity index (χ3v) is 9.59.